The summed E-state index contributed by atoms with van der Waals surface area (Å²) >= 11 is 0. The molecule has 3 atom stereocenters. The van der Waals surface area contributed by atoms with Crippen LogP contribution in [0.2, 0.25) is 0 Å². The number of alkyl halides is 3. The first kappa shape index (κ1) is 17.2. The van der Waals surface area contributed by atoms with Gasteiger partial charge in [-0.3, -0.25) is 4.68 Å². The lowest BCUT2D eigenvalue weighted by Gasteiger charge is -2.12. The lowest BCUT2D eigenvalue weighted by atomic mass is 10.1. The molecule has 8 heteroatoms. The number of anilines is 1. The molecule has 4 rings (SSSR count). The number of aromatic nitrogens is 3. The summed E-state index contributed by atoms with van der Waals surface area (Å²) in [7, 11) is 0. The lowest BCUT2D eigenvalue weighted by molar-refractivity contribution is -0.274. The van der Waals surface area contributed by atoms with Gasteiger partial charge in [-0.05, 0) is 50.7 Å². The topological polar surface area (TPSA) is 66.0 Å². The summed E-state index contributed by atoms with van der Waals surface area (Å²) in [6.07, 6.45) is 0.405. The fourth-order valence-electron chi connectivity index (χ4n) is 4.27. The predicted octanol–water partition coefficient (Wildman–Crippen LogP) is 4.52. The van der Waals surface area contributed by atoms with Gasteiger partial charge < -0.3 is 10.5 Å². The molecule has 0 aliphatic heterocycles. The summed E-state index contributed by atoms with van der Waals surface area (Å²) in [5.41, 5.74) is 7.74. The van der Waals surface area contributed by atoms with E-state index in [1.165, 1.54) is 37.2 Å². The molecule has 0 aromatic carbocycles. The molecule has 0 saturated heterocycles. The van der Waals surface area contributed by atoms with E-state index in [4.69, 9.17) is 5.73 Å². The third-order valence-corrected chi connectivity index (χ3v) is 5.41. The van der Waals surface area contributed by atoms with E-state index in [1.807, 2.05) is 10.7 Å². The van der Waals surface area contributed by atoms with Gasteiger partial charge in [0.15, 0.2) is 11.6 Å². The van der Waals surface area contributed by atoms with Gasteiger partial charge >= 0.3 is 6.36 Å². The van der Waals surface area contributed by atoms with Crippen LogP contribution in [0.4, 0.5) is 19.0 Å². The van der Waals surface area contributed by atoms with Crippen molar-refractivity contribution in [3.05, 3.63) is 24.0 Å². The van der Waals surface area contributed by atoms with Crippen molar-refractivity contribution in [2.24, 2.45) is 11.8 Å². The Morgan fingerprint density at radius 3 is 2.54 bits per heavy atom. The van der Waals surface area contributed by atoms with Gasteiger partial charge in [-0.25, -0.2) is 4.98 Å². The van der Waals surface area contributed by atoms with Crippen molar-refractivity contribution in [3.63, 3.8) is 0 Å². The first-order valence-corrected chi connectivity index (χ1v) is 8.85. The zero-order valence-electron chi connectivity index (χ0n) is 14.6. The minimum atomic E-state index is -4.82. The zero-order valence-corrected chi connectivity index (χ0v) is 14.6. The number of pyridine rings is 1. The molecule has 0 bridgehead atoms. The van der Waals surface area contributed by atoms with Gasteiger partial charge in [0, 0.05) is 29.4 Å². The lowest BCUT2D eigenvalue weighted by Crippen LogP contribution is -2.18. The monoisotopic (exact) mass is 366 g/mol. The number of rotatable bonds is 4. The molecule has 2 heterocycles. The Morgan fingerprint density at radius 2 is 1.92 bits per heavy atom. The van der Waals surface area contributed by atoms with Gasteiger partial charge in [0.1, 0.15) is 0 Å². The van der Waals surface area contributed by atoms with Gasteiger partial charge in [0.2, 0.25) is 0 Å². The molecular formula is C18H21F3N4O. The number of fused-ring (bicyclic) bond motifs is 1. The second kappa shape index (κ2) is 5.89. The fraction of sp³-hybridized carbons (Fsp3) is 0.556. The molecule has 140 valence electrons. The van der Waals surface area contributed by atoms with Crippen LogP contribution < -0.4 is 10.5 Å². The molecular weight excluding hydrogens is 345 g/mol. The van der Waals surface area contributed by atoms with Crippen molar-refractivity contribution in [1.29, 1.82) is 0 Å². The molecule has 2 aromatic rings. The van der Waals surface area contributed by atoms with E-state index in [-0.39, 0.29) is 11.9 Å². The number of nitrogen functional groups attached to an aromatic ring is 1. The Morgan fingerprint density at radius 1 is 1.23 bits per heavy atom. The Labute approximate surface area is 149 Å². The van der Waals surface area contributed by atoms with Crippen LogP contribution >= 0.6 is 0 Å². The van der Waals surface area contributed by atoms with E-state index in [0.717, 1.165) is 11.8 Å². The van der Waals surface area contributed by atoms with E-state index in [1.54, 1.807) is 0 Å². The molecule has 2 fully saturated rings. The molecule has 0 unspecified atom stereocenters. The second-order valence-corrected chi connectivity index (χ2v) is 7.43. The largest absolute Gasteiger partial charge is 0.573 e. The van der Waals surface area contributed by atoms with E-state index >= 15 is 0 Å². The van der Waals surface area contributed by atoms with Gasteiger partial charge in [0.25, 0.3) is 0 Å². The SMILES string of the molecule is CC(C)n1nc(-c2cnc(N)c(OC(F)(F)F)c2)cc1[C@H]1[C@@H]2CCC[C@@H]21. The van der Waals surface area contributed by atoms with Crippen LogP contribution in [0.25, 0.3) is 11.3 Å². The molecule has 0 spiro atoms. The van der Waals surface area contributed by atoms with E-state index in [2.05, 4.69) is 28.7 Å². The number of hydrogen-bond acceptors (Lipinski definition) is 4. The molecule has 2 aromatic heterocycles. The third-order valence-electron chi connectivity index (χ3n) is 5.41. The minimum Gasteiger partial charge on any atom is -0.402 e. The Bertz CT molecular complexity index is 820. The molecule has 5 nitrogen and oxygen atoms in total. The van der Waals surface area contributed by atoms with E-state index in [9.17, 15) is 13.2 Å². The number of nitrogens with two attached hydrogens (primary N) is 1. The summed E-state index contributed by atoms with van der Waals surface area (Å²) in [6, 6.07) is 3.40. The van der Waals surface area contributed by atoms with Gasteiger partial charge in [-0.2, -0.15) is 5.10 Å². The number of hydrogen-bond donors (Lipinski definition) is 1. The van der Waals surface area contributed by atoms with Crippen LogP contribution in [0.15, 0.2) is 18.3 Å². The highest BCUT2D eigenvalue weighted by Crippen LogP contribution is 2.63. The first-order chi connectivity index (χ1) is 12.2. The predicted molar refractivity (Wildman–Crippen MR) is 90.5 cm³/mol. The first-order valence-electron chi connectivity index (χ1n) is 8.85. The highest BCUT2D eigenvalue weighted by Gasteiger charge is 2.54. The maximum atomic E-state index is 12.5. The van der Waals surface area contributed by atoms with Crippen LogP contribution in [0.1, 0.15) is 50.8 Å². The van der Waals surface area contributed by atoms with Crippen molar-refractivity contribution in [1.82, 2.24) is 14.8 Å². The fourth-order valence-corrected chi connectivity index (χ4v) is 4.27. The maximum absolute atomic E-state index is 12.5. The van der Waals surface area contributed by atoms with Crippen molar-refractivity contribution in [3.8, 4) is 17.0 Å². The zero-order chi connectivity index (χ0) is 18.6. The molecule has 2 aliphatic rings. The number of nitrogens with zero attached hydrogens (tertiary/aromatic N) is 3. The summed E-state index contributed by atoms with van der Waals surface area (Å²) in [4.78, 5) is 3.84. The summed E-state index contributed by atoms with van der Waals surface area (Å²) in [5, 5.41) is 4.63. The van der Waals surface area contributed by atoms with Gasteiger partial charge in [-0.1, -0.05) is 6.42 Å². The molecule has 2 N–H and O–H groups in total. The Hall–Kier alpha value is -2.25. The van der Waals surface area contributed by atoms with Crippen LogP contribution in [0.3, 0.4) is 0 Å². The van der Waals surface area contributed by atoms with Crippen molar-refractivity contribution in [2.75, 3.05) is 5.73 Å². The number of halogens is 3. The van der Waals surface area contributed by atoms with Crippen LogP contribution in [-0.4, -0.2) is 21.1 Å². The summed E-state index contributed by atoms with van der Waals surface area (Å²) in [5.74, 6) is 1.17. The van der Waals surface area contributed by atoms with Crippen molar-refractivity contribution < 1.29 is 17.9 Å². The van der Waals surface area contributed by atoms with Crippen molar-refractivity contribution in [2.45, 2.75) is 51.4 Å². The average molecular weight is 366 g/mol. The van der Waals surface area contributed by atoms with Gasteiger partial charge in [0.05, 0.1) is 5.69 Å². The number of ether oxygens (including phenoxy) is 1. The Balaban J connectivity index is 1.69. The highest BCUT2D eigenvalue weighted by atomic mass is 19.4. The van der Waals surface area contributed by atoms with E-state index < -0.39 is 12.1 Å². The van der Waals surface area contributed by atoms with Crippen molar-refractivity contribution >= 4 is 5.82 Å². The molecule has 0 amide bonds. The normalized spacial score (nSPS) is 24.8. The molecule has 2 saturated carbocycles. The van der Waals surface area contributed by atoms with Crippen LogP contribution in [-0.2, 0) is 0 Å². The van der Waals surface area contributed by atoms with E-state index in [0.29, 0.717) is 17.2 Å². The summed E-state index contributed by atoms with van der Waals surface area (Å²) < 4.78 is 43.6. The van der Waals surface area contributed by atoms with Gasteiger partial charge in [-0.15, -0.1) is 13.2 Å². The van der Waals surface area contributed by atoms with Crippen LogP contribution in [0.5, 0.6) is 5.75 Å². The standard InChI is InChI=1S/C18H21F3N4O/c1-9(2)25-14(16-11-4-3-5-12(11)16)7-13(24-25)10-6-15(17(22)23-8-10)26-18(19,20)21/h6-9,11-12,16H,3-5H2,1-2H3,(H2,22,23)/t11-,12+,16+. The maximum Gasteiger partial charge on any atom is 0.573 e. The quantitative estimate of drug-likeness (QED) is 0.864. The molecule has 0 radical (unpaired) electrons. The Kier molecular flexibility index (Phi) is 3.89. The molecule has 2 aliphatic carbocycles. The third kappa shape index (κ3) is 3.01. The minimum absolute atomic E-state index is 0.174. The van der Waals surface area contributed by atoms with Crippen LogP contribution in [0, 0.1) is 11.8 Å². The average Bonchev–Trinajstić information content (AvgIpc) is 2.92. The summed E-state index contributed by atoms with van der Waals surface area (Å²) in [6.45, 7) is 4.11. The highest BCUT2D eigenvalue weighted by molar-refractivity contribution is 5.64. The second-order valence-electron chi connectivity index (χ2n) is 7.43. The smallest absolute Gasteiger partial charge is 0.402 e. The molecule has 26 heavy (non-hydrogen) atoms.